The predicted octanol–water partition coefficient (Wildman–Crippen LogP) is 5.58. The Morgan fingerprint density at radius 3 is 2.50 bits per heavy atom. The number of allylic oxidation sites excluding steroid dienone is 1. The molecule has 0 saturated carbocycles. The van der Waals surface area contributed by atoms with Crippen LogP contribution in [0.15, 0.2) is 60.8 Å². The van der Waals surface area contributed by atoms with Gasteiger partial charge >= 0.3 is 0 Å². The first-order chi connectivity index (χ1) is 9.72. The molecule has 0 aliphatic carbocycles. The third kappa shape index (κ3) is 2.04. The normalized spacial score (nSPS) is 14.0. The molecule has 2 aromatic carbocycles. The van der Waals surface area contributed by atoms with Gasteiger partial charge in [-0.15, -0.1) is 0 Å². The average molecular weight is 282 g/mol. The molecule has 100 valence electrons. The van der Waals surface area contributed by atoms with Crippen LogP contribution in [0.4, 0.5) is 5.69 Å². The molecule has 3 rings (SSSR count). The van der Waals surface area contributed by atoms with Crippen molar-refractivity contribution in [2.24, 2.45) is 0 Å². The fraction of sp³-hybridized carbons (Fsp3) is 0.111. The molecule has 0 amide bonds. The third-order valence-electron chi connectivity index (χ3n) is 3.59. The largest absolute Gasteiger partial charge is 0.314 e. The maximum Gasteiger partial charge on any atom is 0.0505 e. The third-order valence-corrected chi connectivity index (χ3v) is 3.91. The van der Waals surface area contributed by atoms with Crippen LogP contribution in [0.25, 0.3) is 11.8 Å². The van der Waals surface area contributed by atoms with Gasteiger partial charge in [-0.25, -0.2) is 0 Å². The fourth-order valence-corrected chi connectivity index (χ4v) is 2.94. The van der Waals surface area contributed by atoms with Crippen LogP contribution in [0.2, 0.25) is 5.02 Å². The molecule has 0 fully saturated rings. The average Bonchev–Trinajstić information content (AvgIpc) is 2.47. The summed E-state index contributed by atoms with van der Waals surface area (Å²) in [5, 5.41) is 0.750. The molecule has 1 aliphatic heterocycles. The lowest BCUT2D eigenvalue weighted by atomic mass is 9.97. The lowest BCUT2D eigenvalue weighted by molar-refractivity contribution is 1.02. The minimum Gasteiger partial charge on any atom is -0.314 e. The molecule has 0 saturated heterocycles. The van der Waals surface area contributed by atoms with Gasteiger partial charge in [0.05, 0.1) is 5.02 Å². The SMILES string of the molecule is C=C1c2c(Cl)cccc2C=C(CC)N1c1ccccc1. The Morgan fingerprint density at radius 1 is 1.05 bits per heavy atom. The van der Waals surface area contributed by atoms with Crippen LogP contribution in [0.3, 0.4) is 0 Å². The first-order valence-electron chi connectivity index (χ1n) is 6.76. The molecule has 2 aromatic rings. The zero-order chi connectivity index (χ0) is 14.1. The highest BCUT2D eigenvalue weighted by Gasteiger charge is 2.23. The highest BCUT2D eigenvalue weighted by atomic mass is 35.5. The predicted molar refractivity (Wildman–Crippen MR) is 87.7 cm³/mol. The van der Waals surface area contributed by atoms with Gasteiger partial charge in [-0.05, 0) is 36.3 Å². The summed E-state index contributed by atoms with van der Waals surface area (Å²) >= 11 is 6.36. The van der Waals surface area contributed by atoms with Gasteiger partial charge in [0.15, 0.2) is 0 Å². The summed E-state index contributed by atoms with van der Waals surface area (Å²) in [6, 6.07) is 16.3. The molecule has 0 bridgehead atoms. The maximum atomic E-state index is 6.36. The number of halogens is 1. The number of hydrogen-bond acceptors (Lipinski definition) is 1. The second-order valence-electron chi connectivity index (χ2n) is 4.81. The van der Waals surface area contributed by atoms with E-state index in [4.69, 9.17) is 11.6 Å². The van der Waals surface area contributed by atoms with Gasteiger partial charge in [-0.2, -0.15) is 0 Å². The number of nitrogens with zero attached hydrogens (tertiary/aromatic N) is 1. The molecular weight excluding hydrogens is 266 g/mol. The molecule has 0 spiro atoms. The van der Waals surface area contributed by atoms with Crippen molar-refractivity contribution in [3.63, 3.8) is 0 Å². The summed E-state index contributed by atoms with van der Waals surface area (Å²) in [7, 11) is 0. The second kappa shape index (κ2) is 5.18. The van der Waals surface area contributed by atoms with Crippen molar-refractivity contribution in [1.82, 2.24) is 0 Å². The Labute approximate surface area is 124 Å². The van der Waals surface area contributed by atoms with Crippen LogP contribution < -0.4 is 4.90 Å². The summed E-state index contributed by atoms with van der Waals surface area (Å²) in [6.45, 7) is 6.43. The van der Waals surface area contributed by atoms with Gasteiger partial charge < -0.3 is 4.90 Å². The van der Waals surface area contributed by atoms with Crippen molar-refractivity contribution in [3.05, 3.63) is 77.0 Å². The molecule has 0 N–H and O–H groups in total. The standard InChI is InChI=1S/C18H16ClN/c1-3-15-12-14-8-7-11-17(19)18(14)13(2)20(15)16-9-5-4-6-10-16/h4-12H,2-3H2,1H3. The van der Waals surface area contributed by atoms with Crippen molar-refractivity contribution in [3.8, 4) is 0 Å². The zero-order valence-electron chi connectivity index (χ0n) is 11.4. The lowest BCUT2D eigenvalue weighted by Gasteiger charge is -2.34. The smallest absolute Gasteiger partial charge is 0.0505 e. The summed E-state index contributed by atoms with van der Waals surface area (Å²) < 4.78 is 0. The topological polar surface area (TPSA) is 3.24 Å². The minimum atomic E-state index is 0.750. The van der Waals surface area contributed by atoms with E-state index < -0.39 is 0 Å². The molecular formula is C18H16ClN. The Balaban J connectivity index is 2.19. The van der Waals surface area contributed by atoms with Crippen molar-refractivity contribution in [2.75, 3.05) is 4.90 Å². The van der Waals surface area contributed by atoms with Gasteiger partial charge in [0.1, 0.15) is 0 Å². The van der Waals surface area contributed by atoms with E-state index in [1.165, 1.54) is 5.70 Å². The van der Waals surface area contributed by atoms with Gasteiger partial charge in [-0.1, -0.05) is 55.4 Å². The van der Waals surface area contributed by atoms with Crippen LogP contribution in [0.1, 0.15) is 24.5 Å². The van der Waals surface area contributed by atoms with Crippen LogP contribution >= 0.6 is 11.6 Å². The molecule has 1 heterocycles. The number of hydrogen-bond donors (Lipinski definition) is 0. The Morgan fingerprint density at radius 2 is 1.80 bits per heavy atom. The number of fused-ring (bicyclic) bond motifs is 1. The number of anilines is 1. The molecule has 1 aliphatic rings. The van der Waals surface area contributed by atoms with Crippen LogP contribution in [0.5, 0.6) is 0 Å². The molecule has 0 radical (unpaired) electrons. The molecule has 0 atom stereocenters. The summed E-state index contributed by atoms with van der Waals surface area (Å²) in [4.78, 5) is 2.19. The number of rotatable bonds is 2. The first kappa shape index (κ1) is 13.0. The zero-order valence-corrected chi connectivity index (χ0v) is 12.2. The van der Waals surface area contributed by atoms with E-state index in [0.717, 1.165) is 34.0 Å². The second-order valence-corrected chi connectivity index (χ2v) is 5.22. The van der Waals surface area contributed by atoms with Crippen molar-refractivity contribution >= 4 is 29.1 Å². The lowest BCUT2D eigenvalue weighted by Crippen LogP contribution is -2.23. The Kier molecular flexibility index (Phi) is 3.37. The van der Waals surface area contributed by atoms with Crippen molar-refractivity contribution in [2.45, 2.75) is 13.3 Å². The monoisotopic (exact) mass is 281 g/mol. The van der Waals surface area contributed by atoms with E-state index >= 15 is 0 Å². The van der Waals surface area contributed by atoms with Crippen LogP contribution in [0, 0.1) is 0 Å². The quantitative estimate of drug-likeness (QED) is 0.694. The molecule has 0 unspecified atom stereocenters. The summed E-state index contributed by atoms with van der Waals surface area (Å²) in [6.07, 6.45) is 3.14. The van der Waals surface area contributed by atoms with E-state index in [1.54, 1.807) is 0 Å². The van der Waals surface area contributed by atoms with Gasteiger partial charge in [0.2, 0.25) is 0 Å². The van der Waals surface area contributed by atoms with Crippen LogP contribution in [-0.4, -0.2) is 0 Å². The van der Waals surface area contributed by atoms with E-state index in [9.17, 15) is 0 Å². The maximum absolute atomic E-state index is 6.36. The van der Waals surface area contributed by atoms with Crippen molar-refractivity contribution < 1.29 is 0 Å². The molecule has 20 heavy (non-hydrogen) atoms. The van der Waals surface area contributed by atoms with E-state index in [2.05, 4.69) is 42.7 Å². The fourth-order valence-electron chi connectivity index (χ4n) is 2.65. The number of para-hydroxylation sites is 1. The highest BCUT2D eigenvalue weighted by Crippen LogP contribution is 2.40. The van der Waals surface area contributed by atoms with Gasteiger partial charge in [-0.3, -0.25) is 0 Å². The molecule has 1 nitrogen and oxygen atoms in total. The Hall–Kier alpha value is -1.99. The van der Waals surface area contributed by atoms with Crippen LogP contribution in [-0.2, 0) is 0 Å². The Bertz CT molecular complexity index is 686. The minimum absolute atomic E-state index is 0.750. The highest BCUT2D eigenvalue weighted by molar-refractivity contribution is 6.33. The van der Waals surface area contributed by atoms with Crippen molar-refractivity contribution in [1.29, 1.82) is 0 Å². The molecule has 0 aromatic heterocycles. The van der Waals surface area contributed by atoms with Gasteiger partial charge in [0.25, 0.3) is 0 Å². The van der Waals surface area contributed by atoms with E-state index in [0.29, 0.717) is 0 Å². The van der Waals surface area contributed by atoms with E-state index in [-0.39, 0.29) is 0 Å². The summed E-state index contributed by atoms with van der Waals surface area (Å²) in [5.41, 5.74) is 5.46. The molecule has 2 heteroatoms. The first-order valence-corrected chi connectivity index (χ1v) is 7.13. The number of benzene rings is 2. The van der Waals surface area contributed by atoms with Gasteiger partial charge in [0, 0.05) is 22.6 Å². The summed E-state index contributed by atoms with van der Waals surface area (Å²) in [5.74, 6) is 0. The van der Waals surface area contributed by atoms with E-state index in [1.807, 2.05) is 30.3 Å².